The average Bonchev–Trinajstić information content (AvgIpc) is 2.53. The van der Waals surface area contributed by atoms with Crippen molar-refractivity contribution >= 4 is 10.0 Å². The quantitative estimate of drug-likeness (QED) is 0.353. The van der Waals surface area contributed by atoms with Gasteiger partial charge in [0.1, 0.15) is 0 Å². The van der Waals surface area contributed by atoms with Crippen LogP contribution in [0.4, 0.5) is 30.7 Å². The van der Waals surface area contributed by atoms with Gasteiger partial charge in [-0.15, -0.1) is 0 Å². The van der Waals surface area contributed by atoms with Gasteiger partial charge in [-0.1, -0.05) is 29.8 Å². The van der Waals surface area contributed by atoms with Crippen molar-refractivity contribution in [3.05, 3.63) is 42.0 Å². The first-order valence-electron chi connectivity index (χ1n) is 7.74. The number of aryl methyl sites for hydroxylation is 1. The minimum atomic E-state index is -6.35. The van der Waals surface area contributed by atoms with Gasteiger partial charge in [-0.3, -0.25) is 0 Å². The van der Waals surface area contributed by atoms with Crippen molar-refractivity contribution in [2.45, 2.75) is 49.1 Å². The van der Waals surface area contributed by atoms with Crippen LogP contribution in [-0.2, 0) is 10.0 Å². The van der Waals surface area contributed by atoms with Gasteiger partial charge in [0.2, 0.25) is 10.0 Å². The predicted molar refractivity (Wildman–Crippen MR) is 85.3 cm³/mol. The number of sulfonamides is 1. The van der Waals surface area contributed by atoms with Crippen molar-refractivity contribution in [1.82, 2.24) is 4.72 Å². The zero-order valence-electron chi connectivity index (χ0n) is 14.2. The van der Waals surface area contributed by atoms with E-state index in [1.807, 2.05) is 0 Å². The summed E-state index contributed by atoms with van der Waals surface area (Å²) in [5.41, 5.74) is 0.868. The summed E-state index contributed by atoms with van der Waals surface area (Å²) in [4.78, 5) is 0.0395. The average molecular weight is 421 g/mol. The molecule has 1 N–H and O–H groups in total. The summed E-state index contributed by atoms with van der Waals surface area (Å²) in [7, 11) is -3.75. The van der Waals surface area contributed by atoms with Crippen molar-refractivity contribution in [3.63, 3.8) is 0 Å². The molecule has 0 aliphatic carbocycles. The zero-order chi connectivity index (χ0) is 20.9. The summed E-state index contributed by atoms with van der Waals surface area (Å²) in [6.45, 7) is 1.72. The Morgan fingerprint density at radius 2 is 1.52 bits per heavy atom. The molecular weight excluding hydrogens is 403 g/mol. The van der Waals surface area contributed by atoms with Crippen LogP contribution in [-0.4, -0.2) is 33.0 Å². The predicted octanol–water partition coefficient (Wildman–Crippen LogP) is 4.83. The normalized spacial score (nSPS) is 14.1. The Bertz CT molecular complexity index is 741. The number of hydrogen-bond acceptors (Lipinski definition) is 2. The Morgan fingerprint density at radius 1 is 0.963 bits per heavy atom. The number of unbranched alkanes of at least 4 members (excludes halogenated alkanes) is 1. The van der Waals surface area contributed by atoms with E-state index in [9.17, 15) is 39.2 Å². The second-order valence-electron chi connectivity index (χ2n) is 5.81. The molecule has 0 amide bonds. The van der Waals surface area contributed by atoms with Gasteiger partial charge < -0.3 is 0 Å². The maximum Gasteiger partial charge on any atom is 0.459 e. The summed E-state index contributed by atoms with van der Waals surface area (Å²) in [6.07, 6.45) is -6.45. The number of hydrogen-bond donors (Lipinski definition) is 1. The third kappa shape index (κ3) is 6.20. The van der Waals surface area contributed by atoms with Crippen LogP contribution < -0.4 is 4.72 Å². The highest BCUT2D eigenvalue weighted by Gasteiger charge is 2.72. The number of benzene rings is 1. The van der Waals surface area contributed by atoms with Gasteiger partial charge in [-0.05, 0) is 31.9 Å². The fourth-order valence-electron chi connectivity index (χ4n) is 1.91. The number of rotatable bonds is 9. The van der Waals surface area contributed by atoms with E-state index >= 15 is 0 Å². The molecule has 0 unspecified atom stereocenters. The fraction of sp³-hybridized carbons (Fsp3) is 0.500. The molecule has 0 saturated heterocycles. The van der Waals surface area contributed by atoms with E-state index in [0.717, 1.165) is 11.6 Å². The SMILES string of the molecule is Cc1ccc(S(=O)(=O)NCCCC=CCC(F)(F)C(F)(F)C(F)(F)F)cc1. The highest BCUT2D eigenvalue weighted by molar-refractivity contribution is 7.89. The molecule has 0 bridgehead atoms. The van der Waals surface area contributed by atoms with Crippen LogP contribution in [0.5, 0.6) is 0 Å². The van der Waals surface area contributed by atoms with Crippen molar-refractivity contribution in [1.29, 1.82) is 0 Å². The molecular formula is C16H18F7NO2S. The molecule has 1 rings (SSSR count). The third-order valence-corrected chi connectivity index (χ3v) is 5.00. The standard InChI is InChI=1S/C16H18F7NO2S/c1-12-6-8-13(9-7-12)27(25,26)24-11-5-3-2-4-10-14(17,18)15(19,20)16(21,22)23/h2,4,6-9,24H,3,5,10-11H2,1H3. The Balaban J connectivity index is 2.45. The van der Waals surface area contributed by atoms with Gasteiger partial charge in [0.05, 0.1) is 4.90 Å². The summed E-state index contributed by atoms with van der Waals surface area (Å²) in [5.74, 6) is -11.4. The van der Waals surface area contributed by atoms with Gasteiger partial charge in [-0.2, -0.15) is 30.7 Å². The second-order valence-corrected chi connectivity index (χ2v) is 7.57. The van der Waals surface area contributed by atoms with Crippen LogP contribution in [0.25, 0.3) is 0 Å². The third-order valence-electron chi connectivity index (χ3n) is 3.53. The van der Waals surface area contributed by atoms with Gasteiger partial charge in [-0.25, -0.2) is 13.1 Å². The summed E-state index contributed by atoms with van der Waals surface area (Å²) < 4.78 is 113. The molecule has 0 aromatic heterocycles. The largest absolute Gasteiger partial charge is 0.459 e. The second kappa shape index (κ2) is 8.59. The maximum atomic E-state index is 13.0. The molecule has 1 aromatic rings. The fourth-order valence-corrected chi connectivity index (χ4v) is 2.99. The summed E-state index contributed by atoms with van der Waals surface area (Å²) in [6, 6.07) is 6.02. The molecule has 0 fully saturated rings. The number of alkyl halides is 7. The minimum absolute atomic E-state index is 0.0179. The van der Waals surface area contributed by atoms with Crippen molar-refractivity contribution in [3.8, 4) is 0 Å². The van der Waals surface area contributed by atoms with Crippen LogP contribution in [0.2, 0.25) is 0 Å². The molecule has 0 spiro atoms. The Morgan fingerprint density at radius 3 is 2.04 bits per heavy atom. The van der Waals surface area contributed by atoms with Gasteiger partial charge in [0.15, 0.2) is 0 Å². The van der Waals surface area contributed by atoms with Gasteiger partial charge in [0, 0.05) is 13.0 Å². The van der Waals surface area contributed by atoms with Gasteiger partial charge in [0.25, 0.3) is 0 Å². The molecule has 11 heteroatoms. The lowest BCUT2D eigenvalue weighted by atomic mass is 10.1. The smallest absolute Gasteiger partial charge is 0.211 e. The minimum Gasteiger partial charge on any atom is -0.211 e. The number of halogens is 7. The maximum absolute atomic E-state index is 13.0. The molecule has 0 saturated carbocycles. The van der Waals surface area contributed by atoms with Crippen LogP contribution >= 0.6 is 0 Å². The molecule has 154 valence electrons. The molecule has 0 heterocycles. The summed E-state index contributed by atoms with van der Waals surface area (Å²) in [5, 5.41) is 0. The molecule has 0 aliphatic rings. The molecule has 3 nitrogen and oxygen atoms in total. The Hall–Kier alpha value is -1.62. The Labute approximate surface area is 152 Å². The van der Waals surface area contributed by atoms with E-state index in [2.05, 4.69) is 4.72 Å². The van der Waals surface area contributed by atoms with E-state index in [1.54, 1.807) is 19.1 Å². The lowest BCUT2D eigenvalue weighted by Crippen LogP contribution is -2.51. The monoisotopic (exact) mass is 421 g/mol. The highest BCUT2D eigenvalue weighted by Crippen LogP contribution is 2.48. The number of allylic oxidation sites excluding steroid dienone is 2. The van der Waals surface area contributed by atoms with Crippen LogP contribution in [0.1, 0.15) is 24.8 Å². The van der Waals surface area contributed by atoms with E-state index in [-0.39, 0.29) is 24.3 Å². The van der Waals surface area contributed by atoms with E-state index < -0.39 is 34.5 Å². The van der Waals surface area contributed by atoms with Crippen LogP contribution in [0, 0.1) is 6.92 Å². The van der Waals surface area contributed by atoms with Crippen molar-refractivity contribution in [2.75, 3.05) is 6.54 Å². The Kier molecular flexibility index (Phi) is 7.45. The van der Waals surface area contributed by atoms with Crippen LogP contribution in [0.15, 0.2) is 41.3 Å². The van der Waals surface area contributed by atoms with Crippen LogP contribution in [0.3, 0.4) is 0 Å². The van der Waals surface area contributed by atoms with E-state index in [1.165, 1.54) is 12.1 Å². The first-order chi connectivity index (χ1) is 12.2. The molecule has 0 aliphatic heterocycles. The lowest BCUT2D eigenvalue weighted by molar-refractivity contribution is -0.353. The van der Waals surface area contributed by atoms with Crippen molar-refractivity contribution in [2.24, 2.45) is 0 Å². The first-order valence-corrected chi connectivity index (χ1v) is 9.23. The molecule has 27 heavy (non-hydrogen) atoms. The van der Waals surface area contributed by atoms with E-state index in [0.29, 0.717) is 6.08 Å². The zero-order valence-corrected chi connectivity index (χ0v) is 15.0. The number of nitrogens with one attached hydrogen (secondary N) is 1. The molecule has 0 atom stereocenters. The van der Waals surface area contributed by atoms with Gasteiger partial charge >= 0.3 is 18.0 Å². The van der Waals surface area contributed by atoms with Crippen molar-refractivity contribution < 1.29 is 39.2 Å². The lowest BCUT2D eigenvalue weighted by Gasteiger charge is -2.27. The topological polar surface area (TPSA) is 46.2 Å². The molecule has 0 radical (unpaired) electrons. The highest BCUT2D eigenvalue weighted by atomic mass is 32.2. The van der Waals surface area contributed by atoms with E-state index in [4.69, 9.17) is 0 Å². The molecule has 1 aromatic carbocycles. The first kappa shape index (κ1) is 23.4. The summed E-state index contributed by atoms with van der Waals surface area (Å²) >= 11 is 0.